The van der Waals surface area contributed by atoms with Gasteiger partial charge in [0.25, 0.3) is 8.32 Å². The molecule has 2 aliphatic heterocycles. The number of sulfone groups is 1. The van der Waals surface area contributed by atoms with E-state index in [1.807, 2.05) is 62.4 Å². The highest BCUT2D eigenvalue weighted by molar-refractivity contribution is 7.92. The van der Waals surface area contributed by atoms with Gasteiger partial charge in [-0.05, 0) is 88.5 Å². The number of hydrogen-bond acceptors (Lipinski definition) is 6. The maximum Gasteiger partial charge on any atom is 0.456 e. The van der Waals surface area contributed by atoms with Gasteiger partial charge in [0.05, 0.1) is 23.7 Å². The van der Waals surface area contributed by atoms with Crippen LogP contribution >= 0.6 is 0 Å². The van der Waals surface area contributed by atoms with Gasteiger partial charge in [-0.15, -0.1) is 0 Å². The van der Waals surface area contributed by atoms with Crippen molar-refractivity contribution in [3.8, 4) is 5.75 Å². The number of rotatable bonds is 11. The number of aryl methyl sites for hydroxylation is 2. The molecule has 3 aromatic rings. The van der Waals surface area contributed by atoms with Gasteiger partial charge in [-0.3, -0.25) is 0 Å². The second-order valence-electron chi connectivity index (χ2n) is 14.2. The van der Waals surface area contributed by atoms with E-state index in [1.165, 1.54) is 5.57 Å². The normalized spacial score (nSPS) is 20.1. The molecule has 2 N–H and O–H groups in total. The van der Waals surface area contributed by atoms with Crippen LogP contribution in [0.4, 0.5) is 0 Å². The van der Waals surface area contributed by atoms with E-state index in [0.29, 0.717) is 18.6 Å². The van der Waals surface area contributed by atoms with Crippen LogP contribution in [0.5, 0.6) is 5.75 Å². The van der Waals surface area contributed by atoms with E-state index in [9.17, 15) is 18.5 Å². The van der Waals surface area contributed by atoms with Gasteiger partial charge < -0.3 is 19.2 Å². The molecule has 5 rings (SSSR count). The highest BCUT2D eigenvalue weighted by Crippen LogP contribution is 2.42. The monoisotopic (exact) mass is 672 g/mol. The standard InChI is InChI=1S/C38H49BO6SSi/c1-7-14-29(23-30-21-27(2)37(40)28(3)22-30)19-20-34-36-31(26-46(42,43)35(36)24-39(41)45-34)25-44-47(38(4,5)6,32-15-10-8-11-16-32)33-17-12-9-13-18-33/h8-13,15-18,21-23,34-35,40-41H,7,14,19-20,24-26H2,1-6H3/b29-23+/t34-,35+/m1/s1. The minimum Gasteiger partial charge on any atom is -0.507 e. The van der Waals surface area contributed by atoms with Crippen molar-refractivity contribution in [2.75, 3.05) is 12.4 Å². The third-order valence-electron chi connectivity index (χ3n) is 9.71. The maximum atomic E-state index is 13.6. The molecule has 2 atom stereocenters. The molecule has 3 aromatic carbocycles. The van der Waals surface area contributed by atoms with Crippen LogP contribution < -0.4 is 10.4 Å². The molecule has 0 bridgehead atoms. The molecule has 0 amide bonds. The Hall–Kier alpha value is -2.95. The fraction of sp³-hybridized carbons (Fsp3) is 0.421. The summed E-state index contributed by atoms with van der Waals surface area (Å²) in [6.45, 7) is 12.8. The van der Waals surface area contributed by atoms with Crippen LogP contribution in [0.3, 0.4) is 0 Å². The molecule has 0 spiro atoms. The average molecular weight is 673 g/mol. The van der Waals surface area contributed by atoms with Gasteiger partial charge in [0, 0.05) is 6.32 Å². The molecule has 47 heavy (non-hydrogen) atoms. The van der Waals surface area contributed by atoms with Crippen molar-refractivity contribution in [1.29, 1.82) is 0 Å². The SMILES string of the molecule is CCC/C(=C\c1cc(C)c(O)c(C)c1)CC[C@H]1OB(O)C[C@H]2C1=C(CO[Si](c1ccccc1)(c1ccccc1)C(C)(C)C)CS2(=O)=O. The van der Waals surface area contributed by atoms with Gasteiger partial charge >= 0.3 is 7.12 Å². The Bertz CT molecular complexity index is 1670. The number of phenolic OH excluding ortho intramolecular Hbond substituents is 1. The van der Waals surface area contributed by atoms with E-state index in [4.69, 9.17) is 9.08 Å². The van der Waals surface area contributed by atoms with Crippen molar-refractivity contribution >= 4 is 41.7 Å². The summed E-state index contributed by atoms with van der Waals surface area (Å²) in [5, 5.41) is 22.3. The van der Waals surface area contributed by atoms with E-state index < -0.39 is 36.6 Å². The number of aromatic hydroxyl groups is 1. The summed E-state index contributed by atoms with van der Waals surface area (Å²) in [5.41, 5.74) is 5.47. The Morgan fingerprint density at radius 3 is 2.11 bits per heavy atom. The molecule has 9 heteroatoms. The number of allylic oxidation sites excluding steroid dienone is 1. The zero-order valence-corrected chi connectivity index (χ0v) is 30.4. The largest absolute Gasteiger partial charge is 0.507 e. The molecule has 0 aromatic heterocycles. The first-order valence-corrected chi connectivity index (χ1v) is 20.4. The highest BCUT2D eigenvalue weighted by Gasteiger charge is 2.52. The van der Waals surface area contributed by atoms with Crippen molar-refractivity contribution in [3.63, 3.8) is 0 Å². The van der Waals surface area contributed by atoms with Crippen LogP contribution in [0.2, 0.25) is 11.4 Å². The second-order valence-corrected chi connectivity index (χ2v) is 20.7. The molecule has 1 saturated heterocycles. The summed E-state index contributed by atoms with van der Waals surface area (Å²) in [7, 11) is -7.57. The molecular weight excluding hydrogens is 623 g/mol. The lowest BCUT2D eigenvalue weighted by Gasteiger charge is -2.43. The molecule has 0 saturated carbocycles. The van der Waals surface area contributed by atoms with E-state index in [0.717, 1.165) is 51.1 Å². The molecule has 6 nitrogen and oxygen atoms in total. The van der Waals surface area contributed by atoms with Gasteiger partial charge in [-0.25, -0.2) is 8.42 Å². The molecule has 0 aliphatic carbocycles. The molecule has 2 aliphatic rings. The van der Waals surface area contributed by atoms with Gasteiger partial charge in [0.2, 0.25) is 0 Å². The van der Waals surface area contributed by atoms with Crippen molar-refractivity contribution in [3.05, 3.63) is 106 Å². The Balaban J connectivity index is 1.50. The van der Waals surface area contributed by atoms with Gasteiger partial charge in [-0.2, -0.15) is 0 Å². The summed E-state index contributed by atoms with van der Waals surface area (Å²) in [4.78, 5) is 0. The first-order chi connectivity index (χ1) is 22.3. The molecule has 2 heterocycles. The van der Waals surface area contributed by atoms with Crippen LogP contribution in [0.1, 0.15) is 70.1 Å². The van der Waals surface area contributed by atoms with Gasteiger partial charge in [0.15, 0.2) is 9.84 Å². The Kier molecular flexibility index (Phi) is 10.7. The minimum atomic E-state index is -3.52. The van der Waals surface area contributed by atoms with Crippen LogP contribution in [-0.2, 0) is 18.9 Å². The predicted octanol–water partition coefficient (Wildman–Crippen LogP) is 6.52. The number of phenols is 1. The summed E-state index contributed by atoms with van der Waals surface area (Å²) in [6, 6.07) is 24.7. The third-order valence-corrected chi connectivity index (χ3v) is 16.8. The minimum absolute atomic E-state index is 0.0423. The van der Waals surface area contributed by atoms with Crippen LogP contribution in [0, 0.1) is 13.8 Å². The number of hydrogen-bond donors (Lipinski definition) is 2. The number of benzene rings is 3. The zero-order chi connectivity index (χ0) is 34.0. The van der Waals surface area contributed by atoms with Crippen molar-refractivity contribution in [1.82, 2.24) is 0 Å². The number of fused-ring (bicyclic) bond motifs is 1. The van der Waals surface area contributed by atoms with E-state index >= 15 is 0 Å². The third kappa shape index (κ3) is 7.39. The lowest BCUT2D eigenvalue weighted by molar-refractivity contribution is 0.168. The Morgan fingerprint density at radius 2 is 1.57 bits per heavy atom. The molecular formula is C38H49BO6SSi. The van der Waals surface area contributed by atoms with Crippen LogP contribution in [0.25, 0.3) is 6.08 Å². The van der Waals surface area contributed by atoms with Crippen molar-refractivity contribution < 1.29 is 27.6 Å². The van der Waals surface area contributed by atoms with Crippen LogP contribution in [0.15, 0.2) is 89.5 Å². The Morgan fingerprint density at radius 1 is 1.00 bits per heavy atom. The molecule has 0 unspecified atom stereocenters. The average Bonchev–Trinajstić information content (AvgIpc) is 3.28. The fourth-order valence-corrected chi connectivity index (χ4v) is 14.2. The van der Waals surface area contributed by atoms with E-state index in [2.05, 4.69) is 58.0 Å². The smallest absolute Gasteiger partial charge is 0.456 e. The summed E-state index contributed by atoms with van der Waals surface area (Å²) in [6.07, 6.45) is 4.80. The molecule has 0 radical (unpaired) electrons. The summed E-state index contributed by atoms with van der Waals surface area (Å²) < 4.78 is 40.7. The quantitative estimate of drug-likeness (QED) is 0.178. The first kappa shape index (κ1) is 35.4. The molecule has 1 fully saturated rings. The van der Waals surface area contributed by atoms with Gasteiger partial charge in [-0.1, -0.05) is 106 Å². The Labute approximate surface area is 282 Å². The van der Waals surface area contributed by atoms with E-state index in [-0.39, 0.29) is 23.7 Å². The van der Waals surface area contributed by atoms with Crippen LogP contribution in [-0.4, -0.2) is 57.7 Å². The second kappa shape index (κ2) is 14.3. The van der Waals surface area contributed by atoms with Crippen molar-refractivity contribution in [2.45, 2.75) is 89.9 Å². The predicted molar refractivity (Wildman–Crippen MR) is 196 cm³/mol. The topological polar surface area (TPSA) is 93.1 Å². The lowest BCUT2D eigenvalue weighted by Crippen LogP contribution is -2.66. The first-order valence-electron chi connectivity index (χ1n) is 16.8. The zero-order valence-electron chi connectivity index (χ0n) is 28.6. The van der Waals surface area contributed by atoms with Gasteiger partial charge in [0.1, 0.15) is 5.75 Å². The molecule has 250 valence electrons. The van der Waals surface area contributed by atoms with E-state index in [1.54, 1.807) is 0 Å². The van der Waals surface area contributed by atoms with Crippen molar-refractivity contribution in [2.24, 2.45) is 0 Å². The summed E-state index contributed by atoms with van der Waals surface area (Å²) in [5.74, 6) is 0.235. The maximum absolute atomic E-state index is 13.6. The highest BCUT2D eigenvalue weighted by atomic mass is 32.2. The summed E-state index contributed by atoms with van der Waals surface area (Å²) >= 11 is 0. The lowest BCUT2D eigenvalue weighted by atomic mass is 9.74. The fourth-order valence-electron chi connectivity index (χ4n) is 7.58.